The molecule has 0 aliphatic carbocycles. The molecule has 1 aromatic carbocycles. The molecule has 2 nitrogen and oxygen atoms in total. The molecule has 108 valence electrons. The van der Waals surface area contributed by atoms with Crippen LogP contribution in [0.3, 0.4) is 0 Å². The molecular weight excluding hydrogens is 264 g/mol. The molecule has 0 fully saturated rings. The average Bonchev–Trinajstić information content (AvgIpc) is 2.81. The zero-order valence-electron chi connectivity index (χ0n) is 12.8. The second kappa shape index (κ2) is 5.96. The molecule has 1 aromatic heterocycles. The van der Waals surface area contributed by atoms with Gasteiger partial charge in [-0.1, -0.05) is 44.2 Å². The van der Waals surface area contributed by atoms with E-state index in [1.165, 1.54) is 11.3 Å². The predicted molar refractivity (Wildman–Crippen MR) is 87.8 cm³/mol. The van der Waals surface area contributed by atoms with E-state index in [0.717, 1.165) is 17.6 Å². The maximum atomic E-state index is 5.48. The van der Waals surface area contributed by atoms with Gasteiger partial charge in [0.25, 0.3) is 0 Å². The van der Waals surface area contributed by atoms with Crippen LogP contribution in [0.25, 0.3) is 0 Å². The topological polar surface area (TPSA) is 20.7 Å². The zero-order valence-corrected chi connectivity index (χ0v) is 13.6. The van der Waals surface area contributed by atoms with Crippen LogP contribution in [0.1, 0.15) is 51.3 Å². The van der Waals surface area contributed by atoms with E-state index in [1.807, 2.05) is 0 Å². The van der Waals surface area contributed by atoms with E-state index in [0.29, 0.717) is 5.92 Å². The van der Waals surface area contributed by atoms with Crippen LogP contribution in [-0.4, -0.2) is 9.55 Å². The molecule has 3 heteroatoms. The molecule has 0 spiro atoms. The molecule has 0 atom stereocenters. The van der Waals surface area contributed by atoms with Crippen molar-refractivity contribution in [1.29, 1.82) is 0 Å². The van der Waals surface area contributed by atoms with Crippen molar-refractivity contribution in [3.8, 4) is 0 Å². The summed E-state index contributed by atoms with van der Waals surface area (Å²) in [6.07, 6.45) is 4.19. The van der Waals surface area contributed by atoms with Gasteiger partial charge in [-0.15, -0.1) is 0 Å². The van der Waals surface area contributed by atoms with Crippen molar-refractivity contribution in [2.75, 3.05) is 0 Å². The summed E-state index contributed by atoms with van der Waals surface area (Å²) in [5.74, 6) is 0.471. The van der Waals surface area contributed by atoms with Gasteiger partial charge < -0.3 is 9.55 Å². The quantitative estimate of drug-likeness (QED) is 0.765. The molecule has 2 rings (SSSR count). The van der Waals surface area contributed by atoms with Crippen LogP contribution in [0.4, 0.5) is 0 Å². The van der Waals surface area contributed by atoms with Gasteiger partial charge in [-0.25, -0.2) is 0 Å². The highest BCUT2D eigenvalue weighted by atomic mass is 32.1. The smallest absolute Gasteiger partial charge is 0.177 e. The molecule has 0 bridgehead atoms. The Balaban J connectivity index is 2.22. The van der Waals surface area contributed by atoms with Crippen molar-refractivity contribution < 1.29 is 0 Å². The minimum atomic E-state index is 0.0204. The van der Waals surface area contributed by atoms with Crippen LogP contribution in [0.5, 0.6) is 0 Å². The average molecular weight is 288 g/mol. The van der Waals surface area contributed by atoms with Crippen molar-refractivity contribution in [2.45, 2.75) is 52.0 Å². The fourth-order valence-corrected chi connectivity index (χ4v) is 3.05. The molecule has 1 heterocycles. The molecule has 0 unspecified atom stereocenters. The Bertz CT molecular complexity index is 605. The number of benzene rings is 1. The SMILES string of the molecule is CC(C)c1c[nH]c(=S)n1C(C)(C)CCc1ccccc1. The molecule has 0 radical (unpaired) electrons. The summed E-state index contributed by atoms with van der Waals surface area (Å²) < 4.78 is 3.11. The van der Waals surface area contributed by atoms with E-state index in [1.54, 1.807) is 0 Å². The Morgan fingerprint density at radius 3 is 2.45 bits per heavy atom. The van der Waals surface area contributed by atoms with Gasteiger partial charge in [0.15, 0.2) is 4.77 Å². The Morgan fingerprint density at radius 1 is 1.20 bits per heavy atom. The van der Waals surface area contributed by atoms with Crippen molar-refractivity contribution in [3.05, 3.63) is 52.6 Å². The van der Waals surface area contributed by atoms with Crippen molar-refractivity contribution in [1.82, 2.24) is 9.55 Å². The number of H-pyrrole nitrogens is 1. The third kappa shape index (κ3) is 3.21. The summed E-state index contributed by atoms with van der Waals surface area (Å²) in [4.78, 5) is 3.20. The second-order valence-corrected chi connectivity index (χ2v) is 6.69. The fraction of sp³-hybridized carbons (Fsp3) is 0.471. The van der Waals surface area contributed by atoms with Crippen LogP contribution in [0, 0.1) is 4.77 Å². The summed E-state index contributed by atoms with van der Waals surface area (Å²) in [5.41, 5.74) is 2.69. The normalized spacial score (nSPS) is 12.1. The highest BCUT2D eigenvalue weighted by molar-refractivity contribution is 7.71. The maximum Gasteiger partial charge on any atom is 0.177 e. The summed E-state index contributed by atoms with van der Waals surface area (Å²) in [6, 6.07) is 10.6. The molecule has 1 N–H and O–H groups in total. The summed E-state index contributed by atoms with van der Waals surface area (Å²) in [7, 11) is 0. The van der Waals surface area contributed by atoms with E-state index in [4.69, 9.17) is 12.2 Å². The minimum Gasteiger partial charge on any atom is -0.337 e. The molecule has 2 aromatic rings. The Hall–Kier alpha value is -1.35. The van der Waals surface area contributed by atoms with E-state index in [9.17, 15) is 0 Å². The molecule has 0 aliphatic heterocycles. The van der Waals surface area contributed by atoms with Gasteiger partial charge in [0, 0.05) is 17.4 Å². The Kier molecular flexibility index (Phi) is 4.48. The van der Waals surface area contributed by atoms with Crippen LogP contribution in [-0.2, 0) is 12.0 Å². The van der Waals surface area contributed by atoms with E-state index < -0.39 is 0 Å². The summed E-state index contributed by atoms with van der Waals surface area (Å²) in [6.45, 7) is 8.96. The van der Waals surface area contributed by atoms with Crippen molar-refractivity contribution in [3.63, 3.8) is 0 Å². The van der Waals surface area contributed by atoms with Gasteiger partial charge in [0.1, 0.15) is 0 Å². The van der Waals surface area contributed by atoms with Crippen molar-refractivity contribution in [2.24, 2.45) is 0 Å². The van der Waals surface area contributed by atoms with Gasteiger partial charge >= 0.3 is 0 Å². The largest absolute Gasteiger partial charge is 0.337 e. The third-order valence-corrected chi connectivity index (χ3v) is 4.17. The first-order valence-corrected chi connectivity index (χ1v) is 7.67. The first-order valence-electron chi connectivity index (χ1n) is 7.26. The summed E-state index contributed by atoms with van der Waals surface area (Å²) >= 11 is 5.48. The highest BCUT2D eigenvalue weighted by Gasteiger charge is 2.24. The van der Waals surface area contributed by atoms with E-state index in [-0.39, 0.29) is 5.54 Å². The molecular formula is C17H24N2S. The van der Waals surface area contributed by atoms with Gasteiger partial charge in [-0.05, 0) is 50.4 Å². The molecule has 20 heavy (non-hydrogen) atoms. The number of imidazole rings is 1. The number of aryl methyl sites for hydroxylation is 1. The second-order valence-electron chi connectivity index (χ2n) is 6.31. The minimum absolute atomic E-state index is 0.0204. The van der Waals surface area contributed by atoms with Crippen LogP contribution >= 0.6 is 12.2 Å². The highest BCUT2D eigenvalue weighted by Crippen LogP contribution is 2.28. The standard InChI is InChI=1S/C17H24N2S/c1-13(2)15-12-18-16(20)19(15)17(3,4)11-10-14-8-6-5-7-9-14/h5-9,12-13H,10-11H2,1-4H3,(H,18,20). The third-order valence-electron chi connectivity index (χ3n) is 3.87. The summed E-state index contributed by atoms with van der Waals surface area (Å²) in [5, 5.41) is 0. The monoisotopic (exact) mass is 288 g/mol. The van der Waals surface area contributed by atoms with Crippen LogP contribution in [0.2, 0.25) is 0 Å². The molecule has 0 saturated carbocycles. The number of aromatic amines is 1. The number of nitrogens with one attached hydrogen (secondary N) is 1. The molecule has 0 amide bonds. The number of hydrogen-bond donors (Lipinski definition) is 1. The zero-order chi connectivity index (χ0) is 14.8. The van der Waals surface area contributed by atoms with Gasteiger partial charge in [0.2, 0.25) is 0 Å². The van der Waals surface area contributed by atoms with E-state index in [2.05, 4.69) is 73.8 Å². The van der Waals surface area contributed by atoms with Gasteiger partial charge in [-0.2, -0.15) is 0 Å². The van der Waals surface area contributed by atoms with Crippen LogP contribution in [0.15, 0.2) is 36.5 Å². The lowest BCUT2D eigenvalue weighted by Gasteiger charge is -2.30. The lowest BCUT2D eigenvalue weighted by Crippen LogP contribution is -2.29. The fourth-order valence-electron chi connectivity index (χ4n) is 2.64. The number of nitrogens with zero attached hydrogens (tertiary/aromatic N) is 1. The Labute approximate surface area is 126 Å². The Morgan fingerprint density at radius 2 is 1.85 bits per heavy atom. The van der Waals surface area contributed by atoms with Crippen LogP contribution < -0.4 is 0 Å². The predicted octanol–water partition coefficient (Wildman–Crippen LogP) is 5.04. The molecule has 0 aliphatic rings. The lowest BCUT2D eigenvalue weighted by atomic mass is 9.94. The number of hydrogen-bond acceptors (Lipinski definition) is 1. The lowest BCUT2D eigenvalue weighted by molar-refractivity contribution is 0.312. The maximum absolute atomic E-state index is 5.48. The van der Waals surface area contributed by atoms with E-state index >= 15 is 0 Å². The number of rotatable bonds is 5. The van der Waals surface area contributed by atoms with Crippen molar-refractivity contribution >= 4 is 12.2 Å². The van der Waals surface area contributed by atoms with Gasteiger partial charge in [-0.3, -0.25) is 0 Å². The first kappa shape index (κ1) is 15.0. The van der Waals surface area contributed by atoms with Gasteiger partial charge in [0.05, 0.1) is 0 Å². The first-order chi connectivity index (χ1) is 9.42. The number of aromatic nitrogens is 2. The molecule has 0 saturated heterocycles.